The molecule has 0 fully saturated rings. The second-order valence-corrected chi connectivity index (χ2v) is 10.7. The van der Waals surface area contributed by atoms with E-state index in [2.05, 4.69) is 39.0 Å². The topological polar surface area (TPSA) is 83.5 Å². The first-order valence-electron chi connectivity index (χ1n) is 13.1. The molecule has 5 rings (SSSR count). The number of hydrogen-bond acceptors (Lipinski definition) is 8. The van der Waals surface area contributed by atoms with Crippen molar-refractivity contribution in [1.82, 2.24) is 24.8 Å². The molecule has 1 aromatic carbocycles. The Morgan fingerprint density at radius 1 is 1.26 bits per heavy atom. The Morgan fingerprint density at radius 3 is 2.90 bits per heavy atom. The van der Waals surface area contributed by atoms with Gasteiger partial charge in [0.1, 0.15) is 29.3 Å². The minimum absolute atomic E-state index is 0.0511. The lowest BCUT2D eigenvalue weighted by molar-refractivity contribution is -0.126. The van der Waals surface area contributed by atoms with Crippen LogP contribution in [-0.4, -0.2) is 56.8 Å². The number of anilines is 2. The lowest BCUT2D eigenvalue weighted by Crippen LogP contribution is -2.34. The summed E-state index contributed by atoms with van der Waals surface area (Å²) >= 11 is 8.16. The molecule has 1 aliphatic heterocycles. The SMILES string of the molecule is CCN(CC)CC=CC(=O)N1CCc2c(sc3ncnc(Nc4ccc(OCc5cccnc5)c(Cl)c4)c23)C1. The van der Waals surface area contributed by atoms with Crippen molar-refractivity contribution in [3.63, 3.8) is 0 Å². The molecule has 10 heteroatoms. The number of ether oxygens (including phenoxy) is 1. The van der Waals surface area contributed by atoms with Crippen LogP contribution in [0, 0.1) is 0 Å². The Morgan fingerprint density at radius 2 is 2.13 bits per heavy atom. The number of carbonyl (C=O) groups excluding carboxylic acids is 1. The van der Waals surface area contributed by atoms with Crippen LogP contribution in [0.4, 0.5) is 11.5 Å². The van der Waals surface area contributed by atoms with E-state index in [0.29, 0.717) is 30.5 Å². The summed E-state index contributed by atoms with van der Waals surface area (Å²) in [5.74, 6) is 1.38. The van der Waals surface area contributed by atoms with E-state index in [-0.39, 0.29) is 5.91 Å². The van der Waals surface area contributed by atoms with Gasteiger partial charge >= 0.3 is 0 Å². The number of rotatable bonds is 10. The second-order valence-electron chi connectivity index (χ2n) is 9.22. The number of hydrogen-bond donors (Lipinski definition) is 1. The molecular weight excluding hydrogens is 532 g/mol. The zero-order valence-electron chi connectivity index (χ0n) is 22.1. The van der Waals surface area contributed by atoms with Crippen molar-refractivity contribution in [2.75, 3.05) is 31.5 Å². The van der Waals surface area contributed by atoms with E-state index in [1.807, 2.05) is 41.3 Å². The largest absolute Gasteiger partial charge is 0.487 e. The molecule has 0 atom stereocenters. The molecule has 0 bridgehead atoms. The number of carbonyl (C=O) groups is 1. The van der Waals surface area contributed by atoms with Crippen molar-refractivity contribution in [1.29, 1.82) is 0 Å². The van der Waals surface area contributed by atoms with Gasteiger partial charge < -0.3 is 19.9 Å². The number of pyridine rings is 1. The minimum Gasteiger partial charge on any atom is -0.487 e. The summed E-state index contributed by atoms with van der Waals surface area (Å²) in [5.41, 5.74) is 2.98. The molecule has 4 heterocycles. The fraction of sp³-hybridized carbons (Fsp3) is 0.310. The van der Waals surface area contributed by atoms with Crippen molar-refractivity contribution in [3.8, 4) is 5.75 Å². The summed E-state index contributed by atoms with van der Waals surface area (Å²) in [7, 11) is 0. The molecule has 1 N–H and O–H groups in total. The molecule has 202 valence electrons. The van der Waals surface area contributed by atoms with Gasteiger partial charge in [0.05, 0.1) is 17.0 Å². The normalized spacial score (nSPS) is 13.3. The summed E-state index contributed by atoms with van der Waals surface area (Å²) < 4.78 is 5.87. The van der Waals surface area contributed by atoms with Crippen LogP contribution in [-0.2, 0) is 24.4 Å². The summed E-state index contributed by atoms with van der Waals surface area (Å²) in [6, 6.07) is 9.43. The highest BCUT2D eigenvalue weighted by molar-refractivity contribution is 7.19. The summed E-state index contributed by atoms with van der Waals surface area (Å²) in [6.07, 6.45) is 9.49. The first-order valence-corrected chi connectivity index (χ1v) is 14.3. The van der Waals surface area contributed by atoms with Gasteiger partial charge in [-0.25, -0.2) is 9.97 Å². The zero-order valence-corrected chi connectivity index (χ0v) is 23.6. The van der Waals surface area contributed by atoms with Gasteiger partial charge in [-0.3, -0.25) is 9.78 Å². The molecule has 39 heavy (non-hydrogen) atoms. The van der Waals surface area contributed by atoms with Gasteiger partial charge in [-0.15, -0.1) is 11.3 Å². The fourth-order valence-electron chi connectivity index (χ4n) is 4.58. The number of nitrogens with zero attached hydrogens (tertiary/aromatic N) is 5. The van der Waals surface area contributed by atoms with Gasteiger partial charge in [-0.1, -0.05) is 37.6 Å². The average Bonchev–Trinajstić information content (AvgIpc) is 3.34. The van der Waals surface area contributed by atoms with Gasteiger partial charge in [0.2, 0.25) is 5.91 Å². The van der Waals surface area contributed by atoms with Crippen LogP contribution in [0.5, 0.6) is 5.75 Å². The van der Waals surface area contributed by atoms with Crippen molar-refractivity contribution < 1.29 is 9.53 Å². The number of amides is 1. The zero-order chi connectivity index (χ0) is 27.2. The highest BCUT2D eigenvalue weighted by Gasteiger charge is 2.25. The quantitative estimate of drug-likeness (QED) is 0.243. The van der Waals surface area contributed by atoms with Crippen molar-refractivity contribution in [3.05, 3.63) is 82.2 Å². The summed E-state index contributed by atoms with van der Waals surface area (Å²) in [5, 5.41) is 4.93. The lowest BCUT2D eigenvalue weighted by Gasteiger charge is -2.26. The Hall–Kier alpha value is -3.53. The molecule has 1 amide bonds. The molecule has 8 nitrogen and oxygen atoms in total. The first kappa shape index (κ1) is 27.1. The number of benzene rings is 1. The number of fused-ring (bicyclic) bond motifs is 3. The highest BCUT2D eigenvalue weighted by Crippen LogP contribution is 2.38. The van der Waals surface area contributed by atoms with E-state index in [9.17, 15) is 4.79 Å². The van der Waals surface area contributed by atoms with Gasteiger partial charge in [0.15, 0.2) is 0 Å². The lowest BCUT2D eigenvalue weighted by atomic mass is 10.0. The van der Waals surface area contributed by atoms with E-state index in [0.717, 1.165) is 58.2 Å². The van der Waals surface area contributed by atoms with Crippen LogP contribution in [0.2, 0.25) is 5.02 Å². The first-order chi connectivity index (χ1) is 19.1. The van der Waals surface area contributed by atoms with E-state index < -0.39 is 0 Å². The Balaban J connectivity index is 1.29. The third-order valence-corrected chi connectivity index (χ3v) is 8.20. The molecule has 0 saturated heterocycles. The van der Waals surface area contributed by atoms with Gasteiger partial charge in [0.25, 0.3) is 0 Å². The maximum absolute atomic E-state index is 12.8. The van der Waals surface area contributed by atoms with Crippen LogP contribution < -0.4 is 10.1 Å². The smallest absolute Gasteiger partial charge is 0.246 e. The maximum Gasteiger partial charge on any atom is 0.246 e. The Labute approximate surface area is 237 Å². The highest BCUT2D eigenvalue weighted by atomic mass is 35.5. The Bertz CT molecular complexity index is 1470. The van der Waals surface area contributed by atoms with Crippen molar-refractivity contribution in [2.24, 2.45) is 0 Å². The molecule has 0 aliphatic carbocycles. The number of likely N-dealkylation sites (N-methyl/N-ethyl adjacent to an activating group) is 1. The third kappa shape index (κ3) is 6.38. The standard InChI is InChI=1S/C29H31ClN6O2S/c1-3-35(4-2)13-6-8-26(37)36-14-11-22-25(17-36)39-29-27(22)28(32-19-33-29)34-21-9-10-24(23(30)15-21)38-18-20-7-5-12-31-16-20/h5-10,12,15-16,19H,3-4,11,13-14,17-18H2,1-2H3,(H,32,33,34). The number of halogens is 1. The maximum atomic E-state index is 12.8. The van der Waals surface area contributed by atoms with Gasteiger partial charge in [-0.05, 0) is 49.3 Å². The molecule has 0 unspecified atom stereocenters. The second kappa shape index (κ2) is 12.5. The fourth-order valence-corrected chi connectivity index (χ4v) is 6.02. The predicted molar refractivity (Wildman–Crippen MR) is 157 cm³/mol. The molecule has 4 aromatic rings. The van der Waals surface area contributed by atoms with Crippen LogP contribution in [0.15, 0.2) is 61.2 Å². The van der Waals surface area contributed by atoms with E-state index in [4.69, 9.17) is 16.3 Å². The van der Waals surface area contributed by atoms with Gasteiger partial charge in [-0.2, -0.15) is 0 Å². The van der Waals surface area contributed by atoms with E-state index in [1.165, 1.54) is 5.56 Å². The Kier molecular flexibility index (Phi) is 8.71. The number of thiophene rings is 1. The van der Waals surface area contributed by atoms with Crippen molar-refractivity contribution >= 4 is 50.6 Å². The third-order valence-electron chi connectivity index (χ3n) is 6.78. The van der Waals surface area contributed by atoms with Crippen molar-refractivity contribution in [2.45, 2.75) is 33.4 Å². The van der Waals surface area contributed by atoms with Crippen LogP contribution in [0.3, 0.4) is 0 Å². The summed E-state index contributed by atoms with van der Waals surface area (Å²) in [6.45, 7) is 8.61. The molecule has 0 spiro atoms. The molecule has 3 aromatic heterocycles. The summed E-state index contributed by atoms with van der Waals surface area (Å²) in [4.78, 5) is 32.3. The van der Waals surface area contributed by atoms with Gasteiger partial charge in [0, 0.05) is 47.7 Å². The van der Waals surface area contributed by atoms with E-state index in [1.54, 1.807) is 36.1 Å². The van der Waals surface area contributed by atoms with Crippen LogP contribution in [0.1, 0.15) is 29.9 Å². The molecule has 0 saturated carbocycles. The molecular formula is C29H31ClN6O2S. The van der Waals surface area contributed by atoms with E-state index >= 15 is 0 Å². The average molecular weight is 563 g/mol. The minimum atomic E-state index is 0.0511. The predicted octanol–water partition coefficient (Wildman–Crippen LogP) is 5.85. The van der Waals surface area contributed by atoms with Crippen LogP contribution >= 0.6 is 22.9 Å². The molecule has 0 radical (unpaired) electrons. The monoisotopic (exact) mass is 562 g/mol. The number of aromatic nitrogens is 3. The molecule has 1 aliphatic rings. The van der Waals surface area contributed by atoms with Crippen LogP contribution in [0.25, 0.3) is 10.2 Å². The number of nitrogens with one attached hydrogen (secondary N) is 1.